The summed E-state index contributed by atoms with van der Waals surface area (Å²) >= 11 is 0. The van der Waals surface area contributed by atoms with Crippen molar-refractivity contribution in [3.63, 3.8) is 0 Å². The Morgan fingerprint density at radius 3 is 2.53 bits per heavy atom. The molecule has 1 fully saturated rings. The molecule has 2 heterocycles. The Morgan fingerprint density at radius 2 is 1.80 bits per heavy atom. The fraction of sp³-hybridized carbons (Fsp3) is 0.596. The van der Waals surface area contributed by atoms with E-state index in [1.807, 2.05) is 56.3 Å². The number of aryl methyl sites for hydroxylation is 1. The van der Waals surface area contributed by atoms with Crippen LogP contribution in [0.15, 0.2) is 71.8 Å². The van der Waals surface area contributed by atoms with E-state index in [9.17, 15) is 50.8 Å². The third-order valence-corrected chi connectivity index (χ3v) is 13.8. The van der Waals surface area contributed by atoms with E-state index in [4.69, 9.17) is 0 Å². The summed E-state index contributed by atoms with van der Waals surface area (Å²) in [4.78, 5) is 12.1. The number of nitrogens with one attached hydrogen (secondary N) is 2. The van der Waals surface area contributed by atoms with E-state index in [1.165, 1.54) is 0 Å². The highest BCUT2D eigenvalue weighted by Crippen LogP contribution is 2.46. The summed E-state index contributed by atoms with van der Waals surface area (Å²) in [5.74, 6) is 4.73. The molecular formula is C52H74N2O10. The minimum Gasteiger partial charge on any atom is -0.508 e. The van der Waals surface area contributed by atoms with E-state index in [2.05, 4.69) is 22.5 Å². The Labute approximate surface area is 379 Å². The molecule has 12 heteroatoms. The average Bonchev–Trinajstić information content (AvgIpc) is 3.45. The molecule has 5 rings (SSSR count). The number of aliphatic carboxylic acids is 1. The number of carboxylic acids is 1. The third kappa shape index (κ3) is 13.8. The summed E-state index contributed by atoms with van der Waals surface area (Å²) in [7, 11) is 0. The maximum atomic E-state index is 13.2. The van der Waals surface area contributed by atoms with Gasteiger partial charge in [-0.15, -0.1) is 0 Å². The number of fused-ring (bicyclic) bond motifs is 2. The maximum Gasteiger partial charge on any atom is 0.303 e. The van der Waals surface area contributed by atoms with E-state index in [0.717, 1.165) is 53.5 Å². The highest BCUT2D eigenvalue weighted by Gasteiger charge is 2.46. The molecule has 2 aromatic rings. The SMILES string of the molecule is CCCC[C@H](O)[C@H](O)/C=C/C1=C(\C[C@H](O)CO)[C@H](CC[C@H](O)[C@@H]2N[C@@H](C)CCC[C@@H]2CC(=O)O)N[C@@H]([C@@](C)(O)[C@H]2c3ccc(O)cc3C=C[C@H]2CCO)CC#Cc2ccccc2CC1. The van der Waals surface area contributed by atoms with Gasteiger partial charge >= 0.3 is 5.97 Å². The van der Waals surface area contributed by atoms with Crippen LogP contribution >= 0.6 is 0 Å². The zero-order valence-electron chi connectivity index (χ0n) is 37.9. The highest BCUT2D eigenvalue weighted by atomic mass is 16.4. The maximum absolute atomic E-state index is 13.2. The molecule has 1 saturated heterocycles. The van der Waals surface area contributed by atoms with E-state index in [1.54, 1.807) is 31.2 Å². The summed E-state index contributed by atoms with van der Waals surface area (Å²) in [5, 5.41) is 107. The van der Waals surface area contributed by atoms with Crippen molar-refractivity contribution in [3.8, 4) is 17.6 Å². The predicted octanol–water partition coefficient (Wildman–Crippen LogP) is 5.24. The molecule has 12 nitrogen and oxygen atoms in total. The van der Waals surface area contributed by atoms with Gasteiger partial charge in [-0.25, -0.2) is 0 Å². The summed E-state index contributed by atoms with van der Waals surface area (Å²) in [5.41, 5.74) is 3.19. The number of carbonyl (C=O) groups is 1. The van der Waals surface area contributed by atoms with Crippen molar-refractivity contribution in [2.24, 2.45) is 11.8 Å². The van der Waals surface area contributed by atoms with Gasteiger partial charge < -0.3 is 56.6 Å². The summed E-state index contributed by atoms with van der Waals surface area (Å²) in [6.45, 7) is 5.15. The van der Waals surface area contributed by atoms with Crippen LogP contribution in [0.4, 0.5) is 0 Å². The number of phenols is 1. The lowest BCUT2D eigenvalue weighted by Gasteiger charge is -2.46. The molecule has 0 aromatic heterocycles. The zero-order valence-corrected chi connectivity index (χ0v) is 37.9. The molecule has 12 atom stereocenters. The van der Waals surface area contributed by atoms with Crippen molar-refractivity contribution >= 4 is 12.0 Å². The molecular weight excluding hydrogens is 813 g/mol. The van der Waals surface area contributed by atoms with Crippen molar-refractivity contribution in [2.75, 3.05) is 13.2 Å². The topological polar surface area (TPSA) is 223 Å². The van der Waals surface area contributed by atoms with Crippen LogP contribution in [0.5, 0.6) is 5.75 Å². The number of rotatable bonds is 19. The quantitative estimate of drug-likeness (QED) is 0.0816. The van der Waals surface area contributed by atoms with Crippen molar-refractivity contribution in [3.05, 3.63) is 94.1 Å². The molecule has 0 radical (unpaired) electrons. The van der Waals surface area contributed by atoms with Gasteiger partial charge in [0.05, 0.1) is 36.6 Å². The van der Waals surface area contributed by atoms with Gasteiger partial charge in [-0.3, -0.25) is 4.79 Å². The fourth-order valence-corrected chi connectivity index (χ4v) is 10.3. The highest BCUT2D eigenvalue weighted by molar-refractivity contribution is 5.67. The number of unbranched alkanes of at least 4 members (excludes halogenated alkanes) is 1. The standard InChI is InChI=1S/C52H74N2O10/c1-4-5-15-45(59)46(60)25-21-36-18-17-35-12-7-6-11-34(35)13-9-16-48(52(3,64)50-37(27-28-55)19-20-38-29-40(57)22-23-42(38)50)54-44(43(36)31-41(58)32-56)24-26-47(61)51-39(30-49(62)63)14-8-10-33(2)53-51/h6-7,11-12,19-23,25,29,33,37,39,41,44-48,50-51,53-61,64H,4-5,8,10,14-18,24,26-28,30-32H2,1-3H3,(H,62,63)/b25-21+,43-36+/t33-,37-,39+,41-,44-,45-,46+,47-,48+,50+,51+,52+/m0/s1. The summed E-state index contributed by atoms with van der Waals surface area (Å²) in [6, 6.07) is 11.0. The molecule has 0 saturated carbocycles. The molecule has 64 heavy (non-hydrogen) atoms. The number of allylic oxidation sites excluding steroid dienone is 3. The van der Waals surface area contributed by atoms with Crippen LogP contribution in [0.3, 0.4) is 0 Å². The first kappa shape index (κ1) is 51.1. The second kappa shape index (κ2) is 24.6. The van der Waals surface area contributed by atoms with Gasteiger partial charge in [0, 0.05) is 55.1 Å². The number of hydrogen-bond donors (Lipinski definition) is 11. The van der Waals surface area contributed by atoms with Crippen molar-refractivity contribution in [1.29, 1.82) is 0 Å². The number of aromatic hydroxyl groups is 1. The predicted molar refractivity (Wildman–Crippen MR) is 249 cm³/mol. The van der Waals surface area contributed by atoms with Crippen LogP contribution < -0.4 is 10.6 Å². The number of carboxylic acid groups (broad SMARTS) is 1. The van der Waals surface area contributed by atoms with Crippen LogP contribution in [-0.4, -0.2) is 119 Å². The Bertz CT molecular complexity index is 1970. The van der Waals surface area contributed by atoms with E-state index in [0.29, 0.717) is 37.7 Å². The van der Waals surface area contributed by atoms with Gasteiger partial charge in [-0.2, -0.15) is 0 Å². The monoisotopic (exact) mass is 887 g/mol. The number of aliphatic hydroxyl groups excluding tert-OH is 6. The average molecular weight is 887 g/mol. The van der Waals surface area contributed by atoms with Crippen LogP contribution in [-0.2, 0) is 11.2 Å². The fourth-order valence-electron chi connectivity index (χ4n) is 10.3. The normalized spacial score (nSPS) is 28.2. The first-order valence-corrected chi connectivity index (χ1v) is 23.5. The van der Waals surface area contributed by atoms with E-state index >= 15 is 0 Å². The molecule has 3 aliphatic rings. The largest absolute Gasteiger partial charge is 0.508 e. The molecule has 2 aromatic carbocycles. The van der Waals surface area contributed by atoms with Gasteiger partial charge in [0.15, 0.2) is 0 Å². The molecule has 0 amide bonds. The Kier molecular flexibility index (Phi) is 19.6. The van der Waals surface area contributed by atoms with Gasteiger partial charge in [0.2, 0.25) is 0 Å². The van der Waals surface area contributed by atoms with Crippen molar-refractivity contribution in [1.82, 2.24) is 10.6 Å². The molecule has 0 unspecified atom stereocenters. The van der Waals surface area contributed by atoms with Gasteiger partial charge in [0.25, 0.3) is 0 Å². The minimum atomic E-state index is -1.58. The first-order valence-electron chi connectivity index (χ1n) is 23.5. The van der Waals surface area contributed by atoms with Crippen molar-refractivity contribution in [2.45, 2.75) is 171 Å². The zero-order chi connectivity index (χ0) is 46.4. The molecule has 11 N–H and O–H groups in total. The number of benzene rings is 2. The van der Waals surface area contributed by atoms with Crippen LogP contribution in [0.25, 0.3) is 6.08 Å². The minimum absolute atomic E-state index is 0.00235. The van der Waals surface area contributed by atoms with E-state index < -0.39 is 66.6 Å². The lowest BCUT2D eigenvalue weighted by Crippen LogP contribution is -2.57. The Hall–Kier alpha value is -3.87. The van der Waals surface area contributed by atoms with Crippen LogP contribution in [0.2, 0.25) is 0 Å². The van der Waals surface area contributed by atoms with E-state index in [-0.39, 0.29) is 62.3 Å². The van der Waals surface area contributed by atoms with Gasteiger partial charge in [-0.05, 0) is 130 Å². The Morgan fingerprint density at radius 1 is 1.02 bits per heavy atom. The smallest absolute Gasteiger partial charge is 0.303 e. The molecule has 2 aliphatic heterocycles. The van der Waals surface area contributed by atoms with Crippen LogP contribution in [0.1, 0.15) is 132 Å². The molecule has 0 spiro atoms. The molecule has 0 bridgehead atoms. The number of hydrogen-bond acceptors (Lipinski definition) is 11. The third-order valence-electron chi connectivity index (χ3n) is 13.8. The summed E-state index contributed by atoms with van der Waals surface area (Å²) in [6.07, 6.45) is 9.10. The number of phenolic OH excluding ortho intramolecular Hbond substituents is 1. The first-order chi connectivity index (χ1) is 30.7. The second-order valence-electron chi connectivity index (χ2n) is 18.7. The lowest BCUT2D eigenvalue weighted by molar-refractivity contribution is -0.138. The second-order valence-corrected chi connectivity index (χ2v) is 18.7. The van der Waals surface area contributed by atoms with Gasteiger partial charge in [-0.1, -0.05) is 86.6 Å². The summed E-state index contributed by atoms with van der Waals surface area (Å²) < 4.78 is 0. The Balaban J connectivity index is 1.69. The van der Waals surface area contributed by atoms with Gasteiger partial charge in [0.1, 0.15) is 5.75 Å². The lowest BCUT2D eigenvalue weighted by atomic mass is 9.66. The van der Waals surface area contributed by atoms with Crippen molar-refractivity contribution < 1.29 is 50.8 Å². The number of aliphatic hydroxyl groups is 7. The molecule has 1 aliphatic carbocycles. The van der Waals surface area contributed by atoms with Crippen LogP contribution in [0, 0.1) is 23.7 Å². The molecule has 352 valence electrons.